The second-order valence-electron chi connectivity index (χ2n) is 5.22. The number of rotatable bonds is 6. The van der Waals surface area contributed by atoms with Crippen molar-refractivity contribution < 1.29 is 4.79 Å². The summed E-state index contributed by atoms with van der Waals surface area (Å²) in [6, 6.07) is 0. The van der Waals surface area contributed by atoms with E-state index in [9.17, 15) is 4.79 Å². The zero-order chi connectivity index (χ0) is 12.7. The first-order valence-corrected chi connectivity index (χ1v) is 7.23. The maximum absolute atomic E-state index is 11.5. The molecule has 17 heavy (non-hydrogen) atoms. The predicted octanol–water partition coefficient (Wildman–Crippen LogP) is 2.10. The standard InChI is InChI=1S/C13H25ClN2O/c1-11-4-8-16(9-5-11)7-3-6-15-13(17)12(2)10-14/h11-12H,3-10H2,1-2H3,(H,15,17). The minimum atomic E-state index is -0.0764. The van der Waals surface area contributed by atoms with Gasteiger partial charge in [-0.3, -0.25) is 4.79 Å². The number of hydrogen-bond donors (Lipinski definition) is 1. The van der Waals surface area contributed by atoms with Crippen molar-refractivity contribution >= 4 is 17.5 Å². The maximum Gasteiger partial charge on any atom is 0.224 e. The van der Waals surface area contributed by atoms with Crippen molar-refractivity contribution in [2.75, 3.05) is 32.1 Å². The van der Waals surface area contributed by atoms with Gasteiger partial charge in [-0.1, -0.05) is 13.8 Å². The molecule has 1 N–H and O–H groups in total. The second kappa shape index (κ2) is 7.93. The zero-order valence-electron chi connectivity index (χ0n) is 11.0. The minimum Gasteiger partial charge on any atom is -0.356 e. The lowest BCUT2D eigenvalue weighted by molar-refractivity contribution is -0.123. The molecule has 1 amide bonds. The molecule has 1 unspecified atom stereocenters. The van der Waals surface area contributed by atoms with Gasteiger partial charge in [0.05, 0.1) is 0 Å². The van der Waals surface area contributed by atoms with Gasteiger partial charge in [0.25, 0.3) is 0 Å². The number of nitrogens with zero attached hydrogens (tertiary/aromatic N) is 1. The Hall–Kier alpha value is -0.280. The fourth-order valence-electron chi connectivity index (χ4n) is 2.04. The van der Waals surface area contributed by atoms with E-state index in [1.807, 2.05) is 6.92 Å². The molecule has 3 nitrogen and oxygen atoms in total. The summed E-state index contributed by atoms with van der Waals surface area (Å²) >= 11 is 5.63. The molecule has 1 heterocycles. The number of piperidine rings is 1. The van der Waals surface area contributed by atoms with E-state index in [1.54, 1.807) is 0 Å². The lowest BCUT2D eigenvalue weighted by Gasteiger charge is -2.30. The molecule has 0 bridgehead atoms. The molecule has 0 saturated carbocycles. The summed E-state index contributed by atoms with van der Waals surface area (Å²) < 4.78 is 0. The number of carbonyl (C=O) groups excluding carboxylic acids is 1. The molecule has 0 aromatic carbocycles. The van der Waals surface area contributed by atoms with Crippen LogP contribution >= 0.6 is 11.6 Å². The van der Waals surface area contributed by atoms with Gasteiger partial charge in [0.1, 0.15) is 0 Å². The average Bonchev–Trinajstić information content (AvgIpc) is 2.35. The van der Waals surface area contributed by atoms with Crippen LogP contribution < -0.4 is 5.32 Å². The Morgan fingerprint density at radius 1 is 1.47 bits per heavy atom. The molecule has 1 aliphatic heterocycles. The molecule has 1 rings (SSSR count). The molecule has 4 heteroatoms. The Balaban J connectivity index is 2.02. The minimum absolute atomic E-state index is 0.0762. The third-order valence-electron chi connectivity index (χ3n) is 3.51. The molecule has 1 atom stereocenters. The van der Waals surface area contributed by atoms with Crippen LogP contribution in [-0.2, 0) is 4.79 Å². The fourth-order valence-corrected chi connectivity index (χ4v) is 2.18. The van der Waals surface area contributed by atoms with Crippen molar-refractivity contribution in [3.63, 3.8) is 0 Å². The molecular weight excluding hydrogens is 236 g/mol. The summed E-state index contributed by atoms with van der Waals surface area (Å²) in [4.78, 5) is 14.0. The summed E-state index contributed by atoms with van der Waals surface area (Å²) in [5.74, 6) is 1.28. The van der Waals surface area contributed by atoms with Crippen molar-refractivity contribution in [3.05, 3.63) is 0 Å². The number of likely N-dealkylation sites (tertiary alicyclic amines) is 1. The molecule has 1 saturated heterocycles. The molecule has 0 spiro atoms. The summed E-state index contributed by atoms with van der Waals surface area (Å²) in [6.07, 6.45) is 3.67. The Bertz CT molecular complexity index is 227. The molecule has 1 fully saturated rings. The highest BCUT2D eigenvalue weighted by atomic mass is 35.5. The molecular formula is C13H25ClN2O. The van der Waals surface area contributed by atoms with Crippen LogP contribution in [0, 0.1) is 11.8 Å². The van der Waals surface area contributed by atoms with E-state index < -0.39 is 0 Å². The number of alkyl halides is 1. The Kier molecular flexibility index (Phi) is 6.90. The number of nitrogens with one attached hydrogen (secondary N) is 1. The molecule has 1 aliphatic rings. The zero-order valence-corrected chi connectivity index (χ0v) is 11.8. The largest absolute Gasteiger partial charge is 0.356 e. The first-order chi connectivity index (χ1) is 8.13. The fraction of sp³-hybridized carbons (Fsp3) is 0.923. The smallest absolute Gasteiger partial charge is 0.224 e. The van der Waals surface area contributed by atoms with Crippen LogP contribution in [-0.4, -0.2) is 42.9 Å². The van der Waals surface area contributed by atoms with E-state index in [-0.39, 0.29) is 11.8 Å². The van der Waals surface area contributed by atoms with Crippen LogP contribution in [0.2, 0.25) is 0 Å². The van der Waals surface area contributed by atoms with Gasteiger partial charge in [0.2, 0.25) is 5.91 Å². The Labute approximate surface area is 110 Å². The van der Waals surface area contributed by atoms with Crippen LogP contribution in [0.4, 0.5) is 0 Å². The van der Waals surface area contributed by atoms with E-state index >= 15 is 0 Å². The number of amides is 1. The number of halogens is 1. The molecule has 0 aromatic heterocycles. The first kappa shape index (κ1) is 14.8. The first-order valence-electron chi connectivity index (χ1n) is 6.69. The second-order valence-corrected chi connectivity index (χ2v) is 5.53. The lowest BCUT2D eigenvalue weighted by atomic mass is 9.99. The average molecular weight is 261 g/mol. The van der Waals surface area contributed by atoms with E-state index in [2.05, 4.69) is 17.1 Å². The third kappa shape index (κ3) is 5.73. The highest BCUT2D eigenvalue weighted by Gasteiger charge is 2.15. The van der Waals surface area contributed by atoms with E-state index in [4.69, 9.17) is 11.6 Å². The van der Waals surface area contributed by atoms with Gasteiger partial charge in [0.15, 0.2) is 0 Å². The van der Waals surface area contributed by atoms with Gasteiger partial charge in [-0.15, -0.1) is 11.6 Å². The summed E-state index contributed by atoms with van der Waals surface area (Å²) in [5.41, 5.74) is 0. The highest BCUT2D eigenvalue weighted by molar-refractivity contribution is 6.19. The van der Waals surface area contributed by atoms with Crippen LogP contribution in [0.15, 0.2) is 0 Å². The Morgan fingerprint density at radius 3 is 2.71 bits per heavy atom. The van der Waals surface area contributed by atoms with Gasteiger partial charge in [0, 0.05) is 18.3 Å². The molecule has 0 radical (unpaired) electrons. The third-order valence-corrected chi connectivity index (χ3v) is 3.97. The summed E-state index contributed by atoms with van der Waals surface area (Å²) in [7, 11) is 0. The Morgan fingerprint density at radius 2 is 2.12 bits per heavy atom. The van der Waals surface area contributed by atoms with Gasteiger partial charge in [-0.25, -0.2) is 0 Å². The molecule has 100 valence electrons. The number of hydrogen-bond acceptors (Lipinski definition) is 2. The monoisotopic (exact) mass is 260 g/mol. The topological polar surface area (TPSA) is 32.3 Å². The van der Waals surface area contributed by atoms with Crippen LogP contribution in [0.3, 0.4) is 0 Å². The van der Waals surface area contributed by atoms with Gasteiger partial charge in [-0.05, 0) is 44.8 Å². The van der Waals surface area contributed by atoms with E-state index in [0.29, 0.717) is 5.88 Å². The van der Waals surface area contributed by atoms with Crippen molar-refractivity contribution in [3.8, 4) is 0 Å². The SMILES string of the molecule is CC1CCN(CCCNC(=O)C(C)CCl)CC1. The molecule has 0 aliphatic carbocycles. The van der Waals surface area contributed by atoms with Gasteiger partial charge < -0.3 is 10.2 Å². The lowest BCUT2D eigenvalue weighted by Crippen LogP contribution is -2.36. The van der Waals surface area contributed by atoms with Crippen LogP contribution in [0.5, 0.6) is 0 Å². The summed E-state index contributed by atoms with van der Waals surface area (Å²) in [5, 5.41) is 2.93. The predicted molar refractivity (Wildman–Crippen MR) is 72.3 cm³/mol. The van der Waals surface area contributed by atoms with Crippen molar-refractivity contribution in [1.82, 2.24) is 10.2 Å². The van der Waals surface area contributed by atoms with Crippen LogP contribution in [0.1, 0.15) is 33.1 Å². The van der Waals surface area contributed by atoms with E-state index in [1.165, 1.54) is 25.9 Å². The highest BCUT2D eigenvalue weighted by Crippen LogP contribution is 2.15. The van der Waals surface area contributed by atoms with Crippen molar-refractivity contribution in [1.29, 1.82) is 0 Å². The van der Waals surface area contributed by atoms with E-state index in [0.717, 1.165) is 25.4 Å². The van der Waals surface area contributed by atoms with Crippen LogP contribution in [0.25, 0.3) is 0 Å². The van der Waals surface area contributed by atoms with Crippen molar-refractivity contribution in [2.45, 2.75) is 33.1 Å². The quantitative estimate of drug-likeness (QED) is 0.586. The van der Waals surface area contributed by atoms with Gasteiger partial charge >= 0.3 is 0 Å². The van der Waals surface area contributed by atoms with Gasteiger partial charge in [-0.2, -0.15) is 0 Å². The number of carbonyl (C=O) groups is 1. The summed E-state index contributed by atoms with van der Waals surface area (Å²) in [6.45, 7) is 8.48. The van der Waals surface area contributed by atoms with Crippen molar-refractivity contribution in [2.24, 2.45) is 11.8 Å². The normalized spacial score (nSPS) is 20.2. The maximum atomic E-state index is 11.5. The molecule has 0 aromatic rings.